The molecule has 2 nitrogen and oxygen atoms in total. The fourth-order valence-electron chi connectivity index (χ4n) is 16.2. The van der Waals surface area contributed by atoms with E-state index in [0.29, 0.717) is 5.46 Å². The molecule has 9 heteroatoms. The van der Waals surface area contributed by atoms with Gasteiger partial charge >= 0.3 is 7.12 Å². The van der Waals surface area contributed by atoms with Gasteiger partial charge in [-0.3, -0.25) is 0 Å². The zero-order valence-electron chi connectivity index (χ0n) is 63.9. The Morgan fingerprint density at radius 3 is 0.538 bits per heavy atom. The Labute approximate surface area is 722 Å². The summed E-state index contributed by atoms with van der Waals surface area (Å²) < 4.78 is 4.28. The van der Waals surface area contributed by atoms with Crippen molar-refractivity contribution in [1.82, 2.24) is 0 Å². The van der Waals surface area contributed by atoms with Gasteiger partial charge in [-0.1, -0.05) is 458 Å². The highest BCUT2D eigenvalue weighted by Gasteiger charge is 2.44. The van der Waals surface area contributed by atoms with Crippen LogP contribution in [0.5, 0.6) is 0 Å². The fraction of sp³-hybridized carbons (Fsp3) is 0. The molecule has 0 saturated carbocycles. The summed E-state index contributed by atoms with van der Waals surface area (Å²) in [5.74, 6) is 0. The van der Waals surface area contributed by atoms with Crippen LogP contribution in [0.15, 0.2) is 485 Å². The maximum atomic E-state index is 9.05. The van der Waals surface area contributed by atoms with Gasteiger partial charge in [0.25, 0.3) is 0 Å². The molecule has 0 aliphatic heterocycles. The van der Waals surface area contributed by atoms with E-state index in [2.05, 4.69) is 476 Å². The van der Waals surface area contributed by atoms with Gasteiger partial charge < -0.3 is 10.0 Å². The van der Waals surface area contributed by atoms with Crippen LogP contribution in [0, 0.1) is 0 Å². The molecule has 0 aliphatic rings. The summed E-state index contributed by atoms with van der Waals surface area (Å²) in [7, 11) is -7.22. The topological polar surface area (TPSA) is 40.5 Å². The summed E-state index contributed by atoms with van der Waals surface area (Å²) in [5.41, 5.74) is 21.6. The van der Waals surface area contributed by atoms with Crippen LogP contribution in [0.1, 0.15) is 0 Å². The highest BCUT2D eigenvalue weighted by Crippen LogP contribution is 2.37. The van der Waals surface area contributed by atoms with Crippen LogP contribution in [0.2, 0.25) is 0 Å². The van der Waals surface area contributed by atoms with Crippen molar-refractivity contribution in [3.8, 4) is 100 Å². The van der Waals surface area contributed by atoms with E-state index in [0.717, 1.165) is 29.0 Å². The lowest BCUT2D eigenvalue weighted by Crippen LogP contribution is -2.74. The van der Waals surface area contributed by atoms with Gasteiger partial charge in [0, 0.05) is 17.9 Å². The minimum absolute atomic E-state index is 0.511. The van der Waals surface area contributed by atoms with E-state index in [1.54, 1.807) is 12.1 Å². The Hall–Kier alpha value is -11.7. The van der Waals surface area contributed by atoms with Gasteiger partial charge in [0.2, 0.25) is 0 Å². The molecule has 0 amide bonds. The SMILES string of the molecule is Brc1cc(Br)cc([Si](c2ccccc2)(c2ccccc2)c2cc(Br)cc(Br)c2)c1.OB(O)c1cccc(-c2ccccc2)c1.c1ccc(-c2cccc(-c3cc(-c4cccc(-c5ccccc5)c4)cc([Si](c4ccccc4)(c4ccccc4)c4cc(-c5cccc(-c6ccccc6)c5)cc(-c5cccc(-c6ccccc6)c5)c4)c3)c2)cc1. The van der Waals surface area contributed by atoms with Crippen LogP contribution in [0.3, 0.4) is 0 Å². The average Bonchev–Trinajstić information content (AvgIpc) is 0.725. The minimum atomic E-state index is -3.27. The van der Waals surface area contributed by atoms with Crippen LogP contribution < -0.4 is 47.0 Å². The smallest absolute Gasteiger partial charge is 0.423 e. The third-order valence-electron chi connectivity index (χ3n) is 21.7. The van der Waals surface area contributed by atoms with E-state index in [1.807, 2.05) is 42.5 Å². The Kier molecular flexibility index (Phi) is 25.1. The molecule has 0 aromatic heterocycles. The van der Waals surface area contributed by atoms with Crippen molar-refractivity contribution >= 4 is 134 Å². The van der Waals surface area contributed by atoms with Gasteiger partial charge in [-0.25, -0.2) is 0 Å². The third kappa shape index (κ3) is 18.0. The molecule has 0 fully saturated rings. The van der Waals surface area contributed by atoms with Gasteiger partial charge in [-0.15, -0.1) is 0 Å². The number of rotatable bonds is 18. The van der Waals surface area contributed by atoms with E-state index in [9.17, 15) is 0 Å². The van der Waals surface area contributed by atoms with Gasteiger partial charge in [0.15, 0.2) is 16.1 Å². The lowest BCUT2D eigenvalue weighted by Gasteiger charge is -2.36. The van der Waals surface area contributed by atoms with Crippen molar-refractivity contribution in [1.29, 1.82) is 0 Å². The van der Waals surface area contributed by atoms with Crippen molar-refractivity contribution in [3.05, 3.63) is 485 Å². The Balaban J connectivity index is 0.000000189. The molecule has 0 atom stereocenters. The fourth-order valence-corrected chi connectivity index (χ4v) is 29.4. The van der Waals surface area contributed by atoms with Crippen LogP contribution in [-0.4, -0.2) is 33.3 Å². The lowest BCUT2D eigenvalue weighted by molar-refractivity contribution is 0.426. The molecule has 0 radical (unpaired) electrons. The zero-order valence-corrected chi connectivity index (χ0v) is 72.3. The van der Waals surface area contributed by atoms with Crippen LogP contribution >= 0.6 is 63.7 Å². The summed E-state index contributed by atoms with van der Waals surface area (Å²) in [6.07, 6.45) is 0. The Morgan fingerprint density at radius 1 is 0.145 bits per heavy atom. The summed E-state index contributed by atoms with van der Waals surface area (Å²) in [6, 6.07) is 169. The Bertz CT molecular complexity index is 5800. The highest BCUT2D eigenvalue weighted by molar-refractivity contribution is 9.11. The van der Waals surface area contributed by atoms with E-state index >= 15 is 0 Å². The van der Waals surface area contributed by atoms with E-state index in [-0.39, 0.29) is 0 Å². The van der Waals surface area contributed by atoms with Gasteiger partial charge in [0.05, 0.1) is 0 Å². The van der Waals surface area contributed by atoms with Crippen LogP contribution in [-0.2, 0) is 0 Å². The predicted octanol–water partition coefficient (Wildman–Crippen LogP) is 23.5. The van der Waals surface area contributed by atoms with Crippen molar-refractivity contribution in [2.24, 2.45) is 0 Å². The van der Waals surface area contributed by atoms with Crippen molar-refractivity contribution in [2.45, 2.75) is 0 Å². The summed E-state index contributed by atoms with van der Waals surface area (Å²) >= 11 is 14.9. The van der Waals surface area contributed by atoms with Gasteiger partial charge in [0.1, 0.15) is 0 Å². The van der Waals surface area contributed by atoms with Gasteiger partial charge in [-0.05, 0) is 220 Å². The molecular formula is C108H79BBr4O2Si2. The quantitative estimate of drug-likeness (QED) is 0.0664. The largest absolute Gasteiger partial charge is 0.488 e. The molecule has 0 unspecified atom stereocenters. The van der Waals surface area contributed by atoms with E-state index in [1.165, 1.54) is 131 Å². The predicted molar refractivity (Wildman–Crippen MR) is 516 cm³/mol. The molecule has 117 heavy (non-hydrogen) atoms. The molecular weight excluding hydrogens is 1720 g/mol. The minimum Gasteiger partial charge on any atom is -0.423 e. The summed E-state index contributed by atoms with van der Waals surface area (Å²) in [6.45, 7) is 0. The molecule has 0 spiro atoms. The van der Waals surface area contributed by atoms with E-state index < -0.39 is 23.3 Å². The van der Waals surface area contributed by atoms with Crippen molar-refractivity contribution in [2.75, 3.05) is 0 Å². The standard InChI is InChI=1S/C72H52Si.C24H16Br4Si.C12H11BO2/c1-7-23-53(24-8-1)57-31-19-35-61(43-57)65-47-66(62-36-20-32-58(44-62)54-25-9-2-10-26-54)50-71(49-65)73(69-39-15-5-16-40-69,70-41-17-6-18-42-70)72-51-67(63-37-21-33-59(45-63)55-27-11-3-12-28-55)48-68(52-72)64-38-22-34-60(46-64)56-29-13-4-14-30-56;25-17-11-18(26)14-23(13-17)29(21-7-3-1-4-8-21,22-9-5-2-6-10-22)24-15-19(27)12-20(28)16-24;14-13(15)12-8-4-7-11(9-12)10-5-2-1-3-6-10/h1-52H;1-16H;1-9,14-15H. The number of benzene rings is 18. The molecule has 0 bridgehead atoms. The van der Waals surface area contributed by atoms with Gasteiger partial charge in [-0.2, -0.15) is 0 Å². The first-order chi connectivity index (χ1) is 57.4. The van der Waals surface area contributed by atoms with Crippen LogP contribution in [0.4, 0.5) is 0 Å². The van der Waals surface area contributed by atoms with E-state index in [4.69, 9.17) is 10.0 Å². The van der Waals surface area contributed by atoms with Crippen molar-refractivity contribution < 1.29 is 10.0 Å². The molecule has 0 aliphatic carbocycles. The number of halogens is 4. The average molecular weight is 1800 g/mol. The first kappa shape index (κ1) is 79.2. The lowest BCUT2D eigenvalue weighted by atomic mass is 9.79. The molecule has 18 aromatic carbocycles. The second kappa shape index (κ2) is 37.1. The summed E-state index contributed by atoms with van der Waals surface area (Å²) in [5, 5.41) is 28.7. The monoisotopic (exact) mass is 1790 g/mol. The Morgan fingerprint density at radius 2 is 0.316 bits per heavy atom. The molecule has 18 aromatic rings. The third-order valence-corrected chi connectivity index (χ3v) is 32.9. The summed E-state index contributed by atoms with van der Waals surface area (Å²) in [4.78, 5) is 0. The number of hydrogen-bond donors (Lipinski definition) is 2. The molecule has 18 rings (SSSR count). The normalized spacial score (nSPS) is 11.2. The molecule has 0 heterocycles. The highest BCUT2D eigenvalue weighted by atomic mass is 79.9. The van der Waals surface area contributed by atoms with Crippen molar-refractivity contribution in [3.63, 3.8) is 0 Å². The maximum absolute atomic E-state index is 9.05. The first-order valence-corrected chi connectivity index (χ1v) is 46.2. The van der Waals surface area contributed by atoms with Crippen LogP contribution in [0.25, 0.3) is 100 Å². The second-order valence-electron chi connectivity index (χ2n) is 29.0. The molecule has 2 N–H and O–H groups in total. The maximum Gasteiger partial charge on any atom is 0.488 e. The first-order valence-electron chi connectivity index (χ1n) is 39.0. The molecule has 0 saturated heterocycles. The second-order valence-corrected chi connectivity index (χ2v) is 40.3. The zero-order chi connectivity index (χ0) is 79.9. The number of hydrogen-bond acceptors (Lipinski definition) is 2. The molecule has 562 valence electrons.